The molecular formula is C23H20F3N5O3S. The Hall–Kier alpha value is -3.69. The van der Waals surface area contributed by atoms with E-state index in [2.05, 4.69) is 14.7 Å². The Morgan fingerprint density at radius 2 is 1.89 bits per heavy atom. The molecule has 1 aliphatic rings. The SMILES string of the molecule is Cc1ccc(C#N)cc1-c1nc(NS(=O)(=O)c2ccnc(N3CC(C)(O)C3)c2)ccc1C(F)(F)F. The van der Waals surface area contributed by atoms with Crippen molar-refractivity contribution in [3.63, 3.8) is 0 Å². The molecule has 1 saturated heterocycles. The van der Waals surface area contributed by atoms with Crippen LogP contribution in [0.4, 0.5) is 24.8 Å². The molecule has 182 valence electrons. The van der Waals surface area contributed by atoms with Gasteiger partial charge >= 0.3 is 6.18 Å². The Balaban J connectivity index is 1.71. The number of nitrogens with one attached hydrogen (secondary N) is 1. The molecule has 3 heterocycles. The molecule has 3 aromatic rings. The summed E-state index contributed by atoms with van der Waals surface area (Å²) in [6, 6.07) is 10.4. The van der Waals surface area contributed by atoms with Gasteiger partial charge < -0.3 is 10.0 Å². The molecule has 8 nitrogen and oxygen atoms in total. The molecule has 0 bridgehead atoms. The number of hydrogen-bond acceptors (Lipinski definition) is 7. The van der Waals surface area contributed by atoms with E-state index in [0.29, 0.717) is 11.4 Å². The molecule has 4 rings (SSSR count). The van der Waals surface area contributed by atoms with Crippen molar-refractivity contribution in [1.82, 2.24) is 9.97 Å². The summed E-state index contributed by atoms with van der Waals surface area (Å²) in [5.74, 6) is 0.0180. The first-order chi connectivity index (χ1) is 16.3. The minimum absolute atomic E-state index is 0.0634. The van der Waals surface area contributed by atoms with E-state index in [1.165, 1.54) is 36.5 Å². The van der Waals surface area contributed by atoms with Crippen molar-refractivity contribution in [2.45, 2.75) is 30.5 Å². The fourth-order valence-corrected chi connectivity index (χ4v) is 4.78. The topological polar surface area (TPSA) is 119 Å². The van der Waals surface area contributed by atoms with Gasteiger partial charge in [0, 0.05) is 30.9 Å². The molecule has 0 aliphatic carbocycles. The van der Waals surface area contributed by atoms with Crippen molar-refractivity contribution < 1.29 is 26.7 Å². The van der Waals surface area contributed by atoms with Crippen LogP contribution < -0.4 is 9.62 Å². The van der Waals surface area contributed by atoms with Gasteiger partial charge in [-0.15, -0.1) is 0 Å². The Bertz CT molecular complexity index is 1440. The summed E-state index contributed by atoms with van der Waals surface area (Å²) in [7, 11) is -4.23. The lowest BCUT2D eigenvalue weighted by Gasteiger charge is -2.44. The van der Waals surface area contributed by atoms with Gasteiger partial charge in [-0.3, -0.25) is 4.72 Å². The third-order valence-corrected chi connectivity index (χ3v) is 6.83. The number of alkyl halides is 3. The minimum atomic E-state index is -4.76. The molecule has 0 saturated carbocycles. The molecule has 1 aromatic carbocycles. The van der Waals surface area contributed by atoms with Crippen molar-refractivity contribution in [3.05, 3.63) is 65.4 Å². The van der Waals surface area contributed by atoms with Gasteiger partial charge in [-0.2, -0.15) is 18.4 Å². The number of nitrogens with zero attached hydrogens (tertiary/aromatic N) is 4. The standard InChI is InChI=1S/C23H20F3N5O3S/c1-14-3-4-15(11-27)9-17(14)21-18(23(24,25)26)5-6-19(29-21)30-35(33,34)16-7-8-28-20(10-16)31-12-22(2,32)13-31/h3-10,32H,12-13H2,1-2H3,(H,29,30). The molecule has 1 aliphatic heterocycles. The average molecular weight is 504 g/mol. The number of rotatable bonds is 5. The second kappa shape index (κ2) is 8.51. The second-order valence-electron chi connectivity index (χ2n) is 8.54. The summed E-state index contributed by atoms with van der Waals surface area (Å²) in [6.07, 6.45) is -3.47. The number of aromatic nitrogens is 2. The van der Waals surface area contributed by atoms with Crippen molar-refractivity contribution >= 4 is 21.7 Å². The molecule has 12 heteroatoms. The first kappa shape index (κ1) is 24.4. The number of benzene rings is 1. The number of pyridine rings is 2. The van der Waals surface area contributed by atoms with Crippen molar-refractivity contribution in [2.75, 3.05) is 22.7 Å². The number of aryl methyl sites for hydroxylation is 1. The van der Waals surface area contributed by atoms with Gasteiger partial charge in [0.1, 0.15) is 11.6 Å². The first-order valence-corrected chi connectivity index (χ1v) is 11.8. The highest BCUT2D eigenvalue weighted by molar-refractivity contribution is 7.92. The van der Waals surface area contributed by atoms with E-state index in [1.54, 1.807) is 18.7 Å². The molecule has 0 atom stereocenters. The van der Waals surface area contributed by atoms with Crippen LogP contribution in [0.15, 0.2) is 53.6 Å². The van der Waals surface area contributed by atoms with Crippen molar-refractivity contribution in [3.8, 4) is 17.3 Å². The maximum Gasteiger partial charge on any atom is 0.418 e. The van der Waals surface area contributed by atoms with Gasteiger partial charge in [0.05, 0.1) is 33.4 Å². The zero-order valence-electron chi connectivity index (χ0n) is 18.6. The molecule has 0 radical (unpaired) electrons. The van der Waals surface area contributed by atoms with Crippen LogP contribution >= 0.6 is 0 Å². The predicted molar refractivity (Wildman–Crippen MR) is 122 cm³/mol. The van der Waals surface area contributed by atoms with Gasteiger partial charge in [0.2, 0.25) is 0 Å². The second-order valence-corrected chi connectivity index (χ2v) is 10.2. The highest BCUT2D eigenvalue weighted by Crippen LogP contribution is 2.38. The van der Waals surface area contributed by atoms with Crippen LogP contribution in [-0.2, 0) is 16.2 Å². The van der Waals surface area contributed by atoms with Crippen molar-refractivity contribution in [2.24, 2.45) is 0 Å². The third-order valence-electron chi connectivity index (χ3n) is 5.48. The lowest BCUT2D eigenvalue weighted by molar-refractivity contribution is -0.137. The number of anilines is 2. The quantitative estimate of drug-likeness (QED) is 0.545. The number of hydrogen-bond donors (Lipinski definition) is 2. The van der Waals surface area contributed by atoms with E-state index in [-0.39, 0.29) is 34.9 Å². The Morgan fingerprint density at radius 1 is 1.17 bits per heavy atom. The molecular weight excluding hydrogens is 483 g/mol. The van der Waals surface area contributed by atoms with Crippen LogP contribution in [0.3, 0.4) is 0 Å². The largest absolute Gasteiger partial charge is 0.418 e. The summed E-state index contributed by atoms with van der Waals surface area (Å²) < 4.78 is 69.4. The van der Waals surface area contributed by atoms with E-state index < -0.39 is 33.1 Å². The van der Waals surface area contributed by atoms with Crippen LogP contribution in [0, 0.1) is 18.3 Å². The first-order valence-electron chi connectivity index (χ1n) is 10.3. The Kier molecular flexibility index (Phi) is 5.94. The van der Waals surface area contributed by atoms with Crippen LogP contribution in [0.5, 0.6) is 0 Å². The van der Waals surface area contributed by atoms with Crippen LogP contribution in [0.2, 0.25) is 0 Å². The molecule has 1 fully saturated rings. The van der Waals surface area contributed by atoms with Crippen LogP contribution in [0.1, 0.15) is 23.6 Å². The zero-order chi connectivity index (χ0) is 25.6. The predicted octanol–water partition coefficient (Wildman–Crippen LogP) is 3.71. The summed E-state index contributed by atoms with van der Waals surface area (Å²) in [4.78, 5) is 9.63. The van der Waals surface area contributed by atoms with E-state index in [4.69, 9.17) is 5.26 Å². The lowest BCUT2D eigenvalue weighted by Crippen LogP contribution is -2.60. The number of halogens is 3. The molecule has 0 unspecified atom stereocenters. The summed E-state index contributed by atoms with van der Waals surface area (Å²) in [6.45, 7) is 3.78. The van der Waals surface area contributed by atoms with E-state index in [0.717, 1.165) is 12.1 Å². The Morgan fingerprint density at radius 3 is 2.51 bits per heavy atom. The maximum absolute atomic E-state index is 13.7. The Labute approximate surface area is 199 Å². The zero-order valence-corrected chi connectivity index (χ0v) is 19.4. The smallest absolute Gasteiger partial charge is 0.386 e. The lowest BCUT2D eigenvalue weighted by atomic mass is 9.97. The van der Waals surface area contributed by atoms with Crippen LogP contribution in [0.25, 0.3) is 11.3 Å². The summed E-state index contributed by atoms with van der Waals surface area (Å²) in [5.41, 5.74) is -1.81. The molecule has 0 spiro atoms. The normalized spacial score (nSPS) is 15.3. The monoisotopic (exact) mass is 503 g/mol. The van der Waals surface area contributed by atoms with E-state index in [1.807, 2.05) is 6.07 Å². The molecule has 2 N–H and O–H groups in total. The van der Waals surface area contributed by atoms with Gasteiger partial charge in [-0.1, -0.05) is 6.07 Å². The van der Waals surface area contributed by atoms with Gasteiger partial charge in [-0.05, 0) is 49.7 Å². The number of aliphatic hydroxyl groups is 1. The van der Waals surface area contributed by atoms with E-state index in [9.17, 15) is 26.7 Å². The summed E-state index contributed by atoms with van der Waals surface area (Å²) in [5, 5.41) is 19.1. The van der Waals surface area contributed by atoms with E-state index >= 15 is 0 Å². The third kappa shape index (κ3) is 5.06. The summed E-state index contributed by atoms with van der Waals surface area (Å²) >= 11 is 0. The number of sulfonamides is 1. The van der Waals surface area contributed by atoms with Gasteiger partial charge in [0.25, 0.3) is 10.0 Å². The average Bonchev–Trinajstić information content (AvgIpc) is 2.77. The number of β-amino-alcohol motifs (C(OH)–C–C–N with tert-alkyl or cyclic N) is 1. The minimum Gasteiger partial charge on any atom is -0.386 e. The fraction of sp³-hybridized carbons (Fsp3) is 0.261. The highest BCUT2D eigenvalue weighted by atomic mass is 32.2. The fourth-order valence-electron chi connectivity index (χ4n) is 3.77. The van der Waals surface area contributed by atoms with Crippen LogP contribution in [-0.4, -0.2) is 42.2 Å². The molecule has 0 amide bonds. The molecule has 35 heavy (non-hydrogen) atoms. The highest BCUT2D eigenvalue weighted by Gasteiger charge is 2.38. The molecule has 2 aromatic heterocycles. The van der Waals surface area contributed by atoms with Gasteiger partial charge in [-0.25, -0.2) is 18.4 Å². The number of nitriles is 1. The van der Waals surface area contributed by atoms with Crippen molar-refractivity contribution in [1.29, 1.82) is 5.26 Å². The maximum atomic E-state index is 13.7. The van der Waals surface area contributed by atoms with Gasteiger partial charge in [0.15, 0.2) is 0 Å².